The molecule has 0 saturated carbocycles. The van der Waals surface area contributed by atoms with Crippen molar-refractivity contribution in [3.8, 4) is 9.88 Å². The fourth-order valence-corrected chi connectivity index (χ4v) is 3.36. The van der Waals surface area contributed by atoms with E-state index in [0.29, 0.717) is 0 Å². The van der Waals surface area contributed by atoms with Crippen molar-refractivity contribution in [1.29, 1.82) is 0 Å². The van der Waals surface area contributed by atoms with E-state index in [-0.39, 0.29) is 0 Å². The maximum atomic E-state index is 4.41. The molecule has 0 fully saturated rings. The minimum Gasteiger partial charge on any atom is -0.360 e. The molecule has 104 valence electrons. The van der Waals surface area contributed by atoms with E-state index >= 15 is 0 Å². The van der Waals surface area contributed by atoms with Crippen molar-refractivity contribution in [3.05, 3.63) is 11.2 Å². The second-order valence-corrected chi connectivity index (χ2v) is 6.64. The number of rotatable bonds is 7. The summed E-state index contributed by atoms with van der Waals surface area (Å²) in [5.74, 6) is 0. The van der Waals surface area contributed by atoms with E-state index in [1.54, 1.807) is 22.7 Å². The van der Waals surface area contributed by atoms with Crippen LogP contribution in [0, 0.1) is 0 Å². The quantitative estimate of drug-likeness (QED) is 0.796. The van der Waals surface area contributed by atoms with Gasteiger partial charge in [0.25, 0.3) is 0 Å². The standard InChI is InChI=1S/C12H19N5S2/c1-4-5-6-13-12-16-15-11(19-12)9-7-14-10(18-9)8-17(2)3/h7H,4-6,8H2,1-3H3,(H,13,16). The summed E-state index contributed by atoms with van der Waals surface area (Å²) in [7, 11) is 4.09. The summed E-state index contributed by atoms with van der Waals surface area (Å²) in [6, 6.07) is 0. The normalized spacial score (nSPS) is 11.2. The fraction of sp³-hybridized carbons (Fsp3) is 0.583. The first-order valence-corrected chi connectivity index (χ1v) is 7.99. The number of unbranched alkanes of at least 4 members (excludes halogenated alkanes) is 1. The van der Waals surface area contributed by atoms with Crippen LogP contribution in [0.15, 0.2) is 6.20 Å². The lowest BCUT2D eigenvalue weighted by atomic mass is 10.3. The molecule has 0 spiro atoms. The van der Waals surface area contributed by atoms with Crippen molar-refractivity contribution in [2.24, 2.45) is 0 Å². The molecular weight excluding hydrogens is 278 g/mol. The molecule has 1 N–H and O–H groups in total. The highest BCUT2D eigenvalue weighted by Gasteiger charge is 2.10. The highest BCUT2D eigenvalue weighted by Crippen LogP contribution is 2.30. The Morgan fingerprint density at radius 2 is 2.11 bits per heavy atom. The molecule has 5 nitrogen and oxygen atoms in total. The summed E-state index contributed by atoms with van der Waals surface area (Å²) >= 11 is 3.28. The number of thiazole rings is 1. The van der Waals surface area contributed by atoms with Crippen LogP contribution in [-0.4, -0.2) is 40.7 Å². The number of anilines is 1. The third-order valence-electron chi connectivity index (χ3n) is 2.45. The highest BCUT2D eigenvalue weighted by atomic mass is 32.1. The Labute approximate surface area is 121 Å². The number of hydrogen-bond donors (Lipinski definition) is 1. The van der Waals surface area contributed by atoms with Crippen LogP contribution in [0.4, 0.5) is 5.13 Å². The van der Waals surface area contributed by atoms with Crippen molar-refractivity contribution in [2.45, 2.75) is 26.3 Å². The Kier molecular flexibility index (Phi) is 5.24. The minimum absolute atomic E-state index is 0.866. The van der Waals surface area contributed by atoms with Gasteiger partial charge in [0.1, 0.15) is 5.01 Å². The number of nitrogens with one attached hydrogen (secondary N) is 1. The van der Waals surface area contributed by atoms with E-state index in [0.717, 1.165) is 39.5 Å². The van der Waals surface area contributed by atoms with Crippen molar-refractivity contribution in [2.75, 3.05) is 26.0 Å². The maximum Gasteiger partial charge on any atom is 0.206 e. The van der Waals surface area contributed by atoms with Gasteiger partial charge in [-0.2, -0.15) is 0 Å². The van der Waals surface area contributed by atoms with Crippen LogP contribution in [-0.2, 0) is 6.54 Å². The van der Waals surface area contributed by atoms with Gasteiger partial charge in [-0.25, -0.2) is 4.98 Å². The van der Waals surface area contributed by atoms with Crippen molar-refractivity contribution in [1.82, 2.24) is 20.1 Å². The summed E-state index contributed by atoms with van der Waals surface area (Å²) in [5.41, 5.74) is 0. The zero-order valence-electron chi connectivity index (χ0n) is 11.5. The molecule has 2 rings (SSSR count). The maximum absolute atomic E-state index is 4.41. The lowest BCUT2D eigenvalue weighted by Crippen LogP contribution is -2.09. The fourth-order valence-electron chi connectivity index (χ4n) is 1.52. The Balaban J connectivity index is 1.99. The summed E-state index contributed by atoms with van der Waals surface area (Å²) in [5, 5.41) is 14.6. The second-order valence-electron chi connectivity index (χ2n) is 4.55. The molecule has 2 aromatic rings. The van der Waals surface area contributed by atoms with Crippen LogP contribution in [0.2, 0.25) is 0 Å². The Morgan fingerprint density at radius 3 is 2.84 bits per heavy atom. The van der Waals surface area contributed by atoms with Crippen LogP contribution in [0.1, 0.15) is 24.8 Å². The van der Waals surface area contributed by atoms with Gasteiger partial charge in [-0.15, -0.1) is 21.5 Å². The first-order valence-electron chi connectivity index (χ1n) is 6.36. The largest absolute Gasteiger partial charge is 0.360 e. The SMILES string of the molecule is CCCCNc1nnc(-c2cnc(CN(C)C)s2)s1. The average molecular weight is 297 g/mol. The van der Waals surface area contributed by atoms with Crippen LogP contribution < -0.4 is 5.32 Å². The van der Waals surface area contributed by atoms with Gasteiger partial charge in [-0.05, 0) is 20.5 Å². The van der Waals surface area contributed by atoms with E-state index in [1.165, 1.54) is 6.42 Å². The number of aromatic nitrogens is 3. The van der Waals surface area contributed by atoms with Crippen molar-refractivity contribution < 1.29 is 0 Å². The predicted octanol–water partition coefficient (Wildman–Crippen LogP) is 2.94. The minimum atomic E-state index is 0.866. The summed E-state index contributed by atoms with van der Waals surface area (Å²) in [6.45, 7) is 4.00. The van der Waals surface area contributed by atoms with Crippen LogP contribution in [0.25, 0.3) is 9.88 Å². The second kappa shape index (κ2) is 6.93. The number of hydrogen-bond acceptors (Lipinski definition) is 7. The van der Waals surface area contributed by atoms with Gasteiger partial charge in [0.05, 0.1) is 4.88 Å². The van der Waals surface area contributed by atoms with E-state index in [2.05, 4.69) is 32.3 Å². The molecule has 0 unspecified atom stereocenters. The molecule has 19 heavy (non-hydrogen) atoms. The van der Waals surface area contributed by atoms with Crippen molar-refractivity contribution >= 4 is 27.8 Å². The molecule has 2 aromatic heterocycles. The van der Waals surface area contributed by atoms with Gasteiger partial charge in [0.15, 0.2) is 5.01 Å². The lowest BCUT2D eigenvalue weighted by molar-refractivity contribution is 0.401. The Bertz CT molecular complexity index is 506. The Morgan fingerprint density at radius 1 is 1.26 bits per heavy atom. The average Bonchev–Trinajstić information content (AvgIpc) is 2.97. The van der Waals surface area contributed by atoms with Gasteiger partial charge < -0.3 is 10.2 Å². The summed E-state index contributed by atoms with van der Waals surface area (Å²) < 4.78 is 0. The van der Waals surface area contributed by atoms with Crippen LogP contribution >= 0.6 is 22.7 Å². The van der Waals surface area contributed by atoms with Crippen LogP contribution in [0.5, 0.6) is 0 Å². The molecular formula is C12H19N5S2. The van der Waals surface area contributed by atoms with Gasteiger partial charge in [0, 0.05) is 19.3 Å². The highest BCUT2D eigenvalue weighted by molar-refractivity contribution is 7.23. The summed E-state index contributed by atoms with van der Waals surface area (Å²) in [6.07, 6.45) is 4.23. The molecule has 0 aliphatic rings. The van der Waals surface area contributed by atoms with E-state index in [9.17, 15) is 0 Å². The first kappa shape index (κ1) is 14.4. The third kappa shape index (κ3) is 4.22. The zero-order chi connectivity index (χ0) is 13.7. The molecule has 7 heteroatoms. The van der Waals surface area contributed by atoms with Crippen LogP contribution in [0.3, 0.4) is 0 Å². The molecule has 0 radical (unpaired) electrons. The van der Waals surface area contributed by atoms with Gasteiger partial charge >= 0.3 is 0 Å². The topological polar surface area (TPSA) is 53.9 Å². The van der Waals surface area contributed by atoms with E-state index < -0.39 is 0 Å². The third-order valence-corrected chi connectivity index (χ3v) is 4.48. The molecule has 0 amide bonds. The molecule has 2 heterocycles. The molecule has 0 atom stereocenters. The van der Waals surface area contributed by atoms with Gasteiger partial charge in [0.2, 0.25) is 5.13 Å². The summed E-state index contributed by atoms with van der Waals surface area (Å²) in [4.78, 5) is 7.62. The monoisotopic (exact) mass is 297 g/mol. The predicted molar refractivity (Wildman–Crippen MR) is 81.8 cm³/mol. The van der Waals surface area contributed by atoms with E-state index in [4.69, 9.17) is 0 Å². The van der Waals surface area contributed by atoms with E-state index in [1.807, 2.05) is 20.3 Å². The smallest absolute Gasteiger partial charge is 0.206 e. The Hall–Kier alpha value is -1.05. The van der Waals surface area contributed by atoms with Gasteiger partial charge in [-0.3, -0.25) is 0 Å². The van der Waals surface area contributed by atoms with Gasteiger partial charge in [-0.1, -0.05) is 24.7 Å². The lowest BCUT2D eigenvalue weighted by Gasteiger charge is -2.04. The molecule has 0 aliphatic carbocycles. The van der Waals surface area contributed by atoms with Crippen molar-refractivity contribution in [3.63, 3.8) is 0 Å². The molecule has 0 bridgehead atoms. The molecule has 0 aromatic carbocycles. The first-order chi connectivity index (χ1) is 9.19. The molecule has 0 aliphatic heterocycles. The molecule has 0 saturated heterocycles. The number of nitrogens with zero attached hydrogens (tertiary/aromatic N) is 4. The zero-order valence-corrected chi connectivity index (χ0v) is 13.1.